The van der Waals surface area contributed by atoms with Crippen molar-refractivity contribution in [2.45, 2.75) is 6.92 Å². The third-order valence-corrected chi connectivity index (χ3v) is 5.19. The van der Waals surface area contributed by atoms with Gasteiger partial charge in [0.25, 0.3) is 11.8 Å². The van der Waals surface area contributed by atoms with Crippen LogP contribution in [0.15, 0.2) is 50.9 Å². The van der Waals surface area contributed by atoms with E-state index in [0.29, 0.717) is 32.6 Å². The summed E-state index contributed by atoms with van der Waals surface area (Å²) < 4.78 is 6.56. The molecule has 1 aliphatic rings. The lowest BCUT2D eigenvalue weighted by atomic mass is 10.1. The van der Waals surface area contributed by atoms with Gasteiger partial charge in [-0.15, -0.1) is 0 Å². The molecule has 0 spiro atoms. The van der Waals surface area contributed by atoms with Crippen LogP contribution in [-0.2, 0) is 9.59 Å². The molecule has 0 atom stereocenters. The number of nitrogens with zero attached hydrogens (tertiary/aromatic N) is 1. The molecule has 2 aromatic rings. The minimum atomic E-state index is -0.636. The molecule has 9 heteroatoms. The Morgan fingerprint density at radius 1 is 1.25 bits per heavy atom. The van der Waals surface area contributed by atoms with E-state index in [1.165, 1.54) is 11.0 Å². The summed E-state index contributed by atoms with van der Waals surface area (Å²) in [6.07, 6.45) is 1.32. The number of nitrogens with one attached hydrogen (secondary N) is 1. The minimum absolute atomic E-state index is 0.0274. The number of aromatic hydroxyl groups is 1. The van der Waals surface area contributed by atoms with Gasteiger partial charge >= 0.3 is 0 Å². The van der Waals surface area contributed by atoms with Crippen LogP contribution >= 0.6 is 44.1 Å². The summed E-state index contributed by atoms with van der Waals surface area (Å²) >= 11 is 11.8. The molecule has 6 nitrogen and oxygen atoms in total. The average molecular weight is 526 g/mol. The molecule has 1 aliphatic heterocycles. The maximum Gasteiger partial charge on any atom is 0.270 e. The molecule has 1 fully saturated rings. The van der Waals surface area contributed by atoms with Gasteiger partial charge in [-0.2, -0.15) is 0 Å². The zero-order valence-electron chi connectivity index (χ0n) is 14.5. The maximum absolute atomic E-state index is 13.1. The molecule has 0 aliphatic carbocycles. The van der Waals surface area contributed by atoms with E-state index in [1.54, 1.807) is 36.4 Å². The molecule has 1 saturated heterocycles. The van der Waals surface area contributed by atoms with E-state index in [0.717, 1.165) is 0 Å². The zero-order valence-corrected chi connectivity index (χ0v) is 18.5. The Morgan fingerprint density at radius 3 is 2.71 bits per heavy atom. The van der Waals surface area contributed by atoms with Crippen molar-refractivity contribution in [3.8, 4) is 11.5 Å². The number of carbonyl (C=O) groups is 2. The van der Waals surface area contributed by atoms with Gasteiger partial charge in [-0.3, -0.25) is 19.8 Å². The molecule has 28 heavy (non-hydrogen) atoms. The molecule has 144 valence electrons. The molecule has 2 N–H and O–H groups in total. The fourth-order valence-electron chi connectivity index (χ4n) is 2.62. The average Bonchev–Trinajstić information content (AvgIpc) is 2.63. The van der Waals surface area contributed by atoms with Gasteiger partial charge in [0, 0.05) is 16.1 Å². The van der Waals surface area contributed by atoms with E-state index >= 15 is 0 Å². The zero-order chi connectivity index (χ0) is 20.4. The summed E-state index contributed by atoms with van der Waals surface area (Å²) in [5.74, 6) is -0.749. The van der Waals surface area contributed by atoms with Crippen LogP contribution in [0.25, 0.3) is 6.08 Å². The lowest BCUT2D eigenvalue weighted by Gasteiger charge is -2.29. The van der Waals surface area contributed by atoms with Crippen LogP contribution in [0.1, 0.15) is 12.5 Å². The van der Waals surface area contributed by atoms with Crippen LogP contribution in [-0.4, -0.2) is 28.6 Å². The molecule has 3 rings (SSSR count). The first-order valence-corrected chi connectivity index (χ1v) is 10.1. The Balaban J connectivity index is 2.05. The molecule has 0 unspecified atom stereocenters. The number of rotatable bonds is 4. The fraction of sp³-hybridized carbons (Fsp3) is 0.105. The molecular weight excluding hydrogens is 512 g/mol. The Hall–Kier alpha value is -2.23. The van der Waals surface area contributed by atoms with Crippen molar-refractivity contribution in [3.63, 3.8) is 0 Å². The van der Waals surface area contributed by atoms with E-state index in [-0.39, 0.29) is 16.4 Å². The fourth-order valence-corrected chi connectivity index (χ4v) is 4.16. The normalized spacial score (nSPS) is 15.8. The second-order valence-electron chi connectivity index (χ2n) is 5.71. The van der Waals surface area contributed by atoms with Crippen molar-refractivity contribution >= 4 is 72.8 Å². The smallest absolute Gasteiger partial charge is 0.270 e. The number of halogens is 2. The molecule has 2 aromatic carbocycles. The third kappa shape index (κ3) is 4.11. The number of benzene rings is 2. The highest BCUT2D eigenvalue weighted by molar-refractivity contribution is 9.11. The monoisotopic (exact) mass is 524 g/mol. The number of amides is 2. The van der Waals surface area contributed by atoms with Gasteiger partial charge in [0.2, 0.25) is 0 Å². The van der Waals surface area contributed by atoms with Gasteiger partial charge < -0.3 is 9.84 Å². The first kappa shape index (κ1) is 20.5. The minimum Gasteiger partial charge on any atom is -0.506 e. The number of thiocarbonyl (C=S) groups is 1. The molecule has 0 aromatic heterocycles. The van der Waals surface area contributed by atoms with Crippen LogP contribution < -0.4 is 15.0 Å². The van der Waals surface area contributed by atoms with Gasteiger partial charge in [-0.25, -0.2) is 0 Å². The predicted octanol–water partition coefficient (Wildman–Crippen LogP) is 4.15. The van der Waals surface area contributed by atoms with E-state index in [1.807, 2.05) is 6.92 Å². The van der Waals surface area contributed by atoms with Crippen molar-refractivity contribution in [1.29, 1.82) is 0 Å². The van der Waals surface area contributed by atoms with Crippen molar-refractivity contribution in [3.05, 3.63) is 56.5 Å². The van der Waals surface area contributed by atoms with Crippen LogP contribution in [0.4, 0.5) is 5.69 Å². The number of ether oxygens (including phenoxy) is 1. The predicted molar refractivity (Wildman–Crippen MR) is 117 cm³/mol. The number of phenols is 1. The van der Waals surface area contributed by atoms with E-state index < -0.39 is 11.8 Å². The van der Waals surface area contributed by atoms with Crippen molar-refractivity contribution in [2.75, 3.05) is 11.5 Å². The molecule has 0 saturated carbocycles. The summed E-state index contributed by atoms with van der Waals surface area (Å²) in [5, 5.41) is 12.7. The van der Waals surface area contributed by atoms with Crippen molar-refractivity contribution in [2.24, 2.45) is 0 Å². The standard InChI is InChI=1S/C19H14Br2N2O4S/c1-2-27-13-5-3-4-12(9-13)23-18(26)14(17(25)22-19(23)28)7-10-6-11(20)8-15(21)16(10)24/h3-9,24H,2H2,1H3,(H,22,25,28). The number of anilines is 1. The lowest BCUT2D eigenvalue weighted by molar-refractivity contribution is -0.122. The molecule has 1 heterocycles. The summed E-state index contributed by atoms with van der Waals surface area (Å²) in [6.45, 7) is 2.33. The summed E-state index contributed by atoms with van der Waals surface area (Å²) in [5.41, 5.74) is 0.609. The Morgan fingerprint density at radius 2 is 2.00 bits per heavy atom. The van der Waals surface area contributed by atoms with Crippen LogP contribution in [0.3, 0.4) is 0 Å². The van der Waals surface area contributed by atoms with Crippen molar-refractivity contribution in [1.82, 2.24) is 5.32 Å². The second-order valence-corrected chi connectivity index (χ2v) is 7.87. The molecule has 0 radical (unpaired) electrons. The van der Waals surface area contributed by atoms with Gasteiger partial charge in [0.15, 0.2) is 5.11 Å². The quantitative estimate of drug-likeness (QED) is 0.356. The van der Waals surface area contributed by atoms with Crippen LogP contribution in [0.2, 0.25) is 0 Å². The van der Waals surface area contributed by atoms with Crippen molar-refractivity contribution < 1.29 is 19.4 Å². The number of hydrogen-bond donors (Lipinski definition) is 2. The Bertz CT molecular complexity index is 1020. The number of hydrogen-bond acceptors (Lipinski definition) is 5. The van der Waals surface area contributed by atoms with Gasteiger partial charge in [0.05, 0.1) is 16.8 Å². The molecule has 2 amide bonds. The summed E-state index contributed by atoms with van der Waals surface area (Å²) in [4.78, 5) is 26.7. The Labute approximate surface area is 183 Å². The first-order chi connectivity index (χ1) is 13.3. The third-order valence-electron chi connectivity index (χ3n) is 3.85. The van der Waals surface area contributed by atoms with Crippen LogP contribution in [0.5, 0.6) is 11.5 Å². The first-order valence-electron chi connectivity index (χ1n) is 8.14. The second kappa shape index (κ2) is 8.42. The lowest BCUT2D eigenvalue weighted by Crippen LogP contribution is -2.54. The van der Waals surface area contributed by atoms with E-state index in [2.05, 4.69) is 37.2 Å². The van der Waals surface area contributed by atoms with E-state index in [9.17, 15) is 14.7 Å². The number of carbonyl (C=O) groups excluding carboxylic acids is 2. The molecule has 0 bridgehead atoms. The van der Waals surface area contributed by atoms with Gasteiger partial charge in [0.1, 0.15) is 17.1 Å². The molecular formula is C19H14Br2N2O4S. The highest BCUT2D eigenvalue weighted by Gasteiger charge is 2.34. The number of phenolic OH excluding ortho intramolecular Hbond substituents is 1. The highest BCUT2D eigenvalue weighted by Crippen LogP contribution is 2.34. The van der Waals surface area contributed by atoms with Gasteiger partial charge in [-0.1, -0.05) is 22.0 Å². The SMILES string of the molecule is CCOc1cccc(N2C(=O)C(=Cc3cc(Br)cc(Br)c3O)C(=O)NC2=S)c1. The highest BCUT2D eigenvalue weighted by atomic mass is 79.9. The van der Waals surface area contributed by atoms with E-state index in [4.69, 9.17) is 17.0 Å². The van der Waals surface area contributed by atoms with Crippen LogP contribution in [0, 0.1) is 0 Å². The summed E-state index contributed by atoms with van der Waals surface area (Å²) in [7, 11) is 0. The van der Waals surface area contributed by atoms with Gasteiger partial charge in [-0.05, 0) is 65.4 Å². The largest absolute Gasteiger partial charge is 0.506 e. The summed E-state index contributed by atoms with van der Waals surface area (Å²) in [6, 6.07) is 10.1. The Kier molecular flexibility index (Phi) is 6.17. The topological polar surface area (TPSA) is 78.9 Å². The maximum atomic E-state index is 13.1.